The van der Waals surface area contributed by atoms with Gasteiger partial charge in [0.15, 0.2) is 0 Å². The van der Waals surface area contributed by atoms with Gasteiger partial charge >= 0.3 is 0 Å². The van der Waals surface area contributed by atoms with Crippen molar-refractivity contribution in [1.29, 1.82) is 0 Å². The van der Waals surface area contributed by atoms with Gasteiger partial charge in [0.25, 0.3) is 0 Å². The summed E-state index contributed by atoms with van der Waals surface area (Å²) in [6.45, 7) is 40.6. The molecule has 0 aliphatic heterocycles. The summed E-state index contributed by atoms with van der Waals surface area (Å²) in [5, 5.41) is 55.5. The van der Waals surface area contributed by atoms with E-state index >= 15 is 0 Å². The first-order valence-corrected chi connectivity index (χ1v) is 27.5. The van der Waals surface area contributed by atoms with Crippen molar-refractivity contribution in [2.45, 2.75) is 213 Å². The molecule has 0 amide bonds. The molecule has 0 aliphatic rings. The number of hydrogen-bond donors (Lipinski definition) is 6. The minimum absolute atomic E-state index is 0. The Kier molecular flexibility index (Phi) is 152. The highest BCUT2D eigenvalue weighted by Crippen LogP contribution is 2.28. The molecule has 0 bridgehead atoms. The van der Waals surface area contributed by atoms with Crippen LogP contribution in [0.3, 0.4) is 0 Å². The van der Waals surface area contributed by atoms with Gasteiger partial charge in [0, 0.05) is 39.6 Å². The minimum Gasteiger partial charge on any atom is -0.457 e. The van der Waals surface area contributed by atoms with Crippen LogP contribution in [0.15, 0.2) is 182 Å². The van der Waals surface area contributed by atoms with E-state index in [4.69, 9.17) is 35.4 Å². The molecule has 0 radical (unpaired) electrons. The Labute approximate surface area is 533 Å². The van der Waals surface area contributed by atoms with Gasteiger partial charge < -0.3 is 35.4 Å². The van der Waals surface area contributed by atoms with Gasteiger partial charge in [-0.2, -0.15) is 0 Å². The third kappa shape index (κ3) is 82.6. The van der Waals surface area contributed by atoms with Crippen LogP contribution >= 0.6 is 0 Å². The van der Waals surface area contributed by atoms with Gasteiger partial charge in [-0.3, -0.25) is 0 Å². The van der Waals surface area contributed by atoms with Crippen molar-refractivity contribution < 1.29 is 35.4 Å². The largest absolute Gasteiger partial charge is 0.457 e. The zero-order valence-electron chi connectivity index (χ0n) is 50.8. The Bertz CT molecular complexity index is 1970. The molecule has 0 aromatic heterocycles. The summed E-state index contributed by atoms with van der Waals surface area (Å²) in [4.78, 5) is 0. The maximum Gasteiger partial charge on any atom is 0.128 e. The number of rotatable bonds is 2. The van der Waals surface area contributed by atoms with Crippen LogP contribution in [0.25, 0.3) is 43.1 Å². The van der Waals surface area contributed by atoms with E-state index in [0.29, 0.717) is 0 Å². The molecule has 8 aromatic carbocycles. The van der Waals surface area contributed by atoms with Gasteiger partial charge in [0.2, 0.25) is 0 Å². The third-order valence-corrected chi connectivity index (χ3v) is 6.99. The lowest BCUT2D eigenvalue weighted by Crippen LogP contribution is -1.84. The predicted octanol–water partition coefficient (Wildman–Crippen LogP) is 25.2. The van der Waals surface area contributed by atoms with E-state index in [1.165, 1.54) is 43.1 Å². The van der Waals surface area contributed by atoms with E-state index in [0.717, 1.165) is 23.3 Å². The van der Waals surface area contributed by atoms with E-state index in [9.17, 15) is 0 Å². The van der Waals surface area contributed by atoms with Crippen molar-refractivity contribution in [3.8, 4) is 11.5 Å². The molecule has 0 aliphatic carbocycles. The quantitative estimate of drug-likeness (QED) is 0.102. The molecule has 0 heterocycles. The summed E-state index contributed by atoms with van der Waals surface area (Å²) in [5.41, 5.74) is 0. The summed E-state index contributed by atoms with van der Waals surface area (Å²) in [7, 11) is 0. The van der Waals surface area contributed by atoms with E-state index in [-0.39, 0.29) is 114 Å². The van der Waals surface area contributed by atoms with E-state index in [1.807, 2.05) is 91.8 Å². The fraction of sp³-hybridized carbons (Fsp3) is 0.487. The molecule has 85 heavy (non-hydrogen) atoms. The Hall–Kier alpha value is -5.64. The van der Waals surface area contributed by atoms with Gasteiger partial charge in [0.1, 0.15) is 11.5 Å². The smallest absolute Gasteiger partial charge is 0.128 e. The van der Waals surface area contributed by atoms with Gasteiger partial charge in [-0.25, -0.2) is 0 Å². The molecule has 504 valence electrons. The standard InChI is InChI=1S/C20H14O.2C10H8.2C4H10.6C2H6O.4C2H6.10CH4/c1-3-7-17-13-19(11-9-15(17)5-1)21-20-12-10-16-6-2-4-8-18(16)14-20;2*1-2-6-10-8-4-3-7-9(10)5-1;2*1-4(2)3;6*1-2-3;4*1-2;;;;;;;;;;/h1-14H;2*1-8H;2*4H,1-3H3;6*3H,2H2,1H3;4*1-2H3;10*1H4. The van der Waals surface area contributed by atoms with Crippen molar-refractivity contribution in [1.82, 2.24) is 0 Å². The topological polar surface area (TPSA) is 131 Å². The molecule has 8 rings (SSSR count). The first-order chi connectivity index (χ1) is 36.3. The molecule has 0 atom stereocenters. The number of aliphatic hydroxyl groups excluding tert-OH is 6. The predicted molar refractivity (Wildman–Crippen MR) is 406 cm³/mol. The molecule has 7 nitrogen and oxygen atoms in total. The highest BCUT2D eigenvalue weighted by Gasteiger charge is 2.01. The maximum absolute atomic E-state index is 7.57. The number of fused-ring (bicyclic) bond motifs is 4. The van der Waals surface area contributed by atoms with Gasteiger partial charge in [-0.05, 0) is 121 Å². The number of aliphatic hydroxyl groups is 6. The SMILES string of the molecule is C.C.C.C.C.C.C.C.C.C.CC.CC.CC.CC.CC(C)C.CC(C)C.CCO.CCO.CCO.CCO.CCO.CCO.c1ccc2cc(Oc3ccc4ccccc4c3)ccc2c1.c1ccc2ccccc2c1.c1ccc2ccccc2c1. The molecule has 0 saturated carbocycles. The summed E-state index contributed by atoms with van der Waals surface area (Å²) in [6.07, 6.45) is 0. The molecule has 7 heteroatoms. The third-order valence-electron chi connectivity index (χ3n) is 6.99. The Morgan fingerprint density at radius 3 is 0.471 bits per heavy atom. The van der Waals surface area contributed by atoms with Crippen molar-refractivity contribution in [3.63, 3.8) is 0 Å². The highest BCUT2D eigenvalue weighted by atomic mass is 16.5. The number of hydrogen-bond acceptors (Lipinski definition) is 7. The summed E-state index contributed by atoms with van der Waals surface area (Å²) in [5.74, 6) is 3.40. The average molecular weight is 1200 g/mol. The van der Waals surface area contributed by atoms with Crippen LogP contribution in [0, 0.1) is 11.8 Å². The minimum atomic E-state index is 0. The fourth-order valence-electron chi connectivity index (χ4n) is 4.86. The monoisotopic (exact) mass is 1200 g/mol. The summed E-state index contributed by atoms with van der Waals surface area (Å²) < 4.78 is 5.99. The first kappa shape index (κ1) is 125. The molecular formula is C78H150O7. The molecule has 6 N–H and O–H groups in total. The Morgan fingerprint density at radius 1 is 0.235 bits per heavy atom. The highest BCUT2D eigenvalue weighted by molar-refractivity contribution is 5.85. The number of benzene rings is 8. The van der Waals surface area contributed by atoms with Crippen LogP contribution in [0.4, 0.5) is 0 Å². The normalized spacial score (nSPS) is 7.44. The molecule has 0 fully saturated rings. The lowest BCUT2D eigenvalue weighted by molar-refractivity contribution is 0.318. The Morgan fingerprint density at radius 2 is 0.341 bits per heavy atom. The van der Waals surface area contributed by atoms with Crippen LogP contribution in [-0.4, -0.2) is 70.3 Å². The van der Waals surface area contributed by atoms with E-state index in [1.54, 1.807) is 41.5 Å². The zero-order chi connectivity index (χ0) is 59.1. The van der Waals surface area contributed by atoms with Crippen molar-refractivity contribution in [3.05, 3.63) is 182 Å². The Balaban J connectivity index is -0.0000000425. The summed E-state index contributed by atoms with van der Waals surface area (Å²) in [6, 6.07) is 62.4. The van der Waals surface area contributed by atoms with Crippen LogP contribution in [0.1, 0.15) is 213 Å². The van der Waals surface area contributed by atoms with Crippen molar-refractivity contribution >= 4 is 43.1 Å². The van der Waals surface area contributed by atoms with Crippen molar-refractivity contribution in [2.24, 2.45) is 11.8 Å². The second-order valence-electron chi connectivity index (χ2n) is 15.2. The van der Waals surface area contributed by atoms with Gasteiger partial charge in [-0.1, -0.05) is 329 Å². The average Bonchev–Trinajstić information content (AvgIpc) is 3.42. The lowest BCUT2D eigenvalue weighted by atomic mass is 10.1. The van der Waals surface area contributed by atoms with E-state index < -0.39 is 0 Å². The molecule has 0 unspecified atom stereocenters. The second-order valence-corrected chi connectivity index (χ2v) is 15.2. The van der Waals surface area contributed by atoms with Crippen LogP contribution in [0.5, 0.6) is 11.5 Å². The molecule has 8 aromatic rings. The fourth-order valence-corrected chi connectivity index (χ4v) is 4.86. The zero-order valence-corrected chi connectivity index (χ0v) is 50.8. The first-order valence-electron chi connectivity index (χ1n) is 27.5. The maximum atomic E-state index is 7.57. The number of ether oxygens (including phenoxy) is 1. The molecule has 0 saturated heterocycles. The summed E-state index contributed by atoms with van der Waals surface area (Å²) >= 11 is 0. The van der Waals surface area contributed by atoms with Crippen molar-refractivity contribution in [2.75, 3.05) is 39.6 Å². The molecule has 0 spiro atoms. The molecular weight excluding hydrogens is 1050 g/mol. The lowest BCUT2D eigenvalue weighted by Gasteiger charge is -2.08. The van der Waals surface area contributed by atoms with Gasteiger partial charge in [-0.15, -0.1) is 0 Å². The van der Waals surface area contributed by atoms with Crippen LogP contribution in [0.2, 0.25) is 0 Å². The van der Waals surface area contributed by atoms with Gasteiger partial charge in [0.05, 0.1) is 0 Å². The van der Waals surface area contributed by atoms with Crippen LogP contribution < -0.4 is 4.74 Å². The van der Waals surface area contributed by atoms with E-state index in [2.05, 4.69) is 187 Å². The van der Waals surface area contributed by atoms with Crippen LogP contribution in [-0.2, 0) is 0 Å². The second kappa shape index (κ2) is 103.